The molecule has 1 saturated heterocycles. The molecule has 3 rings (SSSR count). The van der Waals surface area contributed by atoms with E-state index in [-0.39, 0.29) is 6.61 Å². The minimum atomic E-state index is -1.95. The van der Waals surface area contributed by atoms with Crippen LogP contribution in [0.3, 0.4) is 0 Å². The zero-order chi connectivity index (χ0) is 31.9. The van der Waals surface area contributed by atoms with E-state index in [4.69, 9.17) is 42.3 Å². The Bertz CT molecular complexity index is 1190. The van der Waals surface area contributed by atoms with Gasteiger partial charge in [0.2, 0.25) is 20.7 Å². The van der Waals surface area contributed by atoms with Crippen LogP contribution in [0, 0.1) is 0 Å². The quantitative estimate of drug-likeness (QED) is 0.201. The second kappa shape index (κ2) is 14.8. The minimum absolute atomic E-state index is 0.303. The van der Waals surface area contributed by atoms with Crippen molar-refractivity contribution in [1.82, 2.24) is 0 Å². The molecule has 2 aliphatic rings. The molecule has 0 aliphatic carbocycles. The van der Waals surface area contributed by atoms with Gasteiger partial charge in [0.1, 0.15) is 18.5 Å². The lowest BCUT2D eigenvalue weighted by atomic mass is 9.97. The van der Waals surface area contributed by atoms with Crippen molar-refractivity contribution in [1.29, 1.82) is 0 Å². The van der Waals surface area contributed by atoms with Gasteiger partial charge in [-0.1, -0.05) is 18.2 Å². The van der Waals surface area contributed by atoms with Crippen LogP contribution in [0.5, 0.6) is 5.75 Å². The second-order valence-electron chi connectivity index (χ2n) is 11.0. The van der Waals surface area contributed by atoms with Gasteiger partial charge in [0.25, 0.3) is 0 Å². The van der Waals surface area contributed by atoms with E-state index in [1.165, 1.54) is 14.0 Å². The molecule has 1 aromatic carbocycles. The molecule has 1 fully saturated rings. The van der Waals surface area contributed by atoms with Crippen molar-refractivity contribution in [3.8, 4) is 5.75 Å². The molecule has 0 amide bonds. The minimum Gasteiger partial charge on any atom is -0.547 e. The lowest BCUT2D eigenvalue weighted by molar-refractivity contribution is -0.288. The number of hydrogen-bond acceptors (Lipinski definition) is 13. The summed E-state index contributed by atoms with van der Waals surface area (Å²) in [6.45, 7) is 10.5. The largest absolute Gasteiger partial charge is 0.547 e. The van der Waals surface area contributed by atoms with E-state index >= 15 is 0 Å². The summed E-state index contributed by atoms with van der Waals surface area (Å²) < 4.78 is 51.9. The molecule has 1 aromatic rings. The van der Waals surface area contributed by atoms with E-state index in [9.17, 15) is 19.2 Å². The SMILES string of the molecule is CO[C@H]1C=C(O[Si](C)(C)C)C[C@@H](c2ccccc2O[C@@H]2O[C@H](COC(C)=O)[C@@H](OC(C)=O)[C@H](OC(C)=O)[C@H]2OC(C)=O)O1. The van der Waals surface area contributed by atoms with Crippen LogP contribution in [0.15, 0.2) is 36.1 Å². The van der Waals surface area contributed by atoms with Gasteiger partial charge in [-0.3, -0.25) is 19.2 Å². The molecule has 0 unspecified atom stereocenters. The first-order chi connectivity index (χ1) is 20.2. The Hall–Kier alpha value is -3.46. The average Bonchev–Trinajstić information content (AvgIpc) is 2.89. The van der Waals surface area contributed by atoms with Gasteiger partial charge in [-0.2, -0.15) is 0 Å². The molecule has 238 valence electrons. The third-order valence-corrected chi connectivity index (χ3v) is 7.01. The second-order valence-corrected chi connectivity index (χ2v) is 15.4. The Kier molecular flexibility index (Phi) is 11.7. The third kappa shape index (κ3) is 10.1. The molecule has 0 saturated carbocycles. The molecule has 14 heteroatoms. The first kappa shape index (κ1) is 34.0. The zero-order valence-corrected chi connectivity index (χ0v) is 26.6. The van der Waals surface area contributed by atoms with Crippen molar-refractivity contribution in [3.63, 3.8) is 0 Å². The molecule has 13 nitrogen and oxygen atoms in total. The van der Waals surface area contributed by atoms with Gasteiger partial charge in [-0.15, -0.1) is 0 Å². The Morgan fingerprint density at radius 3 is 2.02 bits per heavy atom. The van der Waals surface area contributed by atoms with Crippen LogP contribution < -0.4 is 4.74 Å². The Labute approximate surface area is 251 Å². The van der Waals surface area contributed by atoms with Crippen molar-refractivity contribution in [2.75, 3.05) is 13.7 Å². The topological polar surface area (TPSA) is 151 Å². The molecule has 0 bridgehead atoms. The van der Waals surface area contributed by atoms with Crippen molar-refractivity contribution in [2.45, 2.75) is 96.9 Å². The molecule has 0 spiro atoms. The molecule has 0 N–H and O–H groups in total. The summed E-state index contributed by atoms with van der Waals surface area (Å²) in [6.07, 6.45) is -5.62. The van der Waals surface area contributed by atoms with Crippen LogP contribution in [0.2, 0.25) is 19.6 Å². The number of benzene rings is 1. The third-order valence-electron chi connectivity index (χ3n) is 6.13. The number of carbonyl (C=O) groups is 4. The molecule has 2 aliphatic heterocycles. The smallest absolute Gasteiger partial charge is 0.303 e. The standard InChI is InChI=1S/C29H40O13Si/c1-16(30)35-15-24-26(36-17(2)31)27(37-18(3)32)28(38-19(4)33)29(41-24)40-22-12-10-9-11-21(22)23-13-20(42-43(6,7)8)14-25(34-5)39-23/h9-12,14,23-29H,13,15H2,1-8H3/t23-,24+,25+,26+,27-,28+,29+/m0/s1. The number of esters is 4. The van der Waals surface area contributed by atoms with E-state index in [0.717, 1.165) is 26.5 Å². The highest BCUT2D eigenvalue weighted by molar-refractivity contribution is 6.70. The fourth-order valence-corrected chi connectivity index (χ4v) is 5.63. The lowest BCUT2D eigenvalue weighted by Gasteiger charge is -2.44. The fourth-order valence-electron chi connectivity index (χ4n) is 4.69. The van der Waals surface area contributed by atoms with Crippen LogP contribution in [0.1, 0.15) is 45.8 Å². The van der Waals surface area contributed by atoms with Crippen LogP contribution in [0.25, 0.3) is 0 Å². The number of carbonyl (C=O) groups excluding carboxylic acids is 4. The summed E-state index contributed by atoms with van der Waals surface area (Å²) in [6, 6.07) is 7.01. The van der Waals surface area contributed by atoms with Crippen molar-refractivity contribution >= 4 is 32.2 Å². The van der Waals surface area contributed by atoms with E-state index in [1.807, 2.05) is 0 Å². The summed E-state index contributed by atoms with van der Waals surface area (Å²) in [4.78, 5) is 48.0. The van der Waals surface area contributed by atoms with E-state index in [0.29, 0.717) is 17.7 Å². The monoisotopic (exact) mass is 624 g/mol. The van der Waals surface area contributed by atoms with E-state index < -0.39 is 75.3 Å². The molecule has 0 radical (unpaired) electrons. The molecular weight excluding hydrogens is 584 g/mol. The molecule has 2 heterocycles. The van der Waals surface area contributed by atoms with Crippen molar-refractivity contribution in [3.05, 3.63) is 41.7 Å². The number of ether oxygens (including phenoxy) is 8. The van der Waals surface area contributed by atoms with Gasteiger partial charge in [-0.05, 0) is 25.7 Å². The summed E-state index contributed by atoms with van der Waals surface area (Å²) in [5.41, 5.74) is 0.613. The Balaban J connectivity index is 2.01. The van der Waals surface area contributed by atoms with E-state index in [1.54, 1.807) is 30.3 Å². The lowest BCUT2D eigenvalue weighted by Crippen LogP contribution is -2.63. The molecule has 43 heavy (non-hydrogen) atoms. The molecular formula is C29H40O13Si. The Morgan fingerprint density at radius 2 is 1.44 bits per heavy atom. The van der Waals surface area contributed by atoms with Gasteiger partial charge < -0.3 is 42.3 Å². The van der Waals surface area contributed by atoms with Crippen LogP contribution in [0.4, 0.5) is 0 Å². The predicted octanol–water partition coefficient (Wildman–Crippen LogP) is 3.32. The first-order valence-corrected chi connectivity index (χ1v) is 17.2. The average molecular weight is 625 g/mol. The zero-order valence-electron chi connectivity index (χ0n) is 25.6. The van der Waals surface area contributed by atoms with E-state index in [2.05, 4.69) is 19.6 Å². The maximum absolute atomic E-state index is 12.2. The highest BCUT2D eigenvalue weighted by Crippen LogP contribution is 2.39. The van der Waals surface area contributed by atoms with Crippen LogP contribution in [-0.4, -0.2) is 82.9 Å². The van der Waals surface area contributed by atoms with Gasteiger partial charge in [0.15, 0.2) is 18.5 Å². The number of para-hydroxylation sites is 1. The predicted molar refractivity (Wildman–Crippen MR) is 151 cm³/mol. The maximum atomic E-state index is 12.2. The highest BCUT2D eigenvalue weighted by atomic mass is 28.4. The van der Waals surface area contributed by atoms with Crippen molar-refractivity contribution < 1.29 is 61.5 Å². The summed E-state index contributed by atoms with van der Waals surface area (Å²) >= 11 is 0. The first-order valence-electron chi connectivity index (χ1n) is 13.8. The fraction of sp³-hybridized carbons (Fsp3) is 0.586. The number of hydrogen-bond donors (Lipinski definition) is 0. The maximum Gasteiger partial charge on any atom is 0.303 e. The number of methoxy groups -OCH3 is 1. The van der Waals surface area contributed by atoms with Crippen molar-refractivity contribution in [2.24, 2.45) is 0 Å². The highest BCUT2D eigenvalue weighted by Gasteiger charge is 2.53. The van der Waals surface area contributed by atoms with Crippen LogP contribution >= 0.6 is 0 Å². The van der Waals surface area contributed by atoms with Gasteiger partial charge in [-0.25, -0.2) is 0 Å². The van der Waals surface area contributed by atoms with Crippen LogP contribution in [-0.2, 0) is 56.8 Å². The summed E-state index contributed by atoms with van der Waals surface area (Å²) in [7, 11) is -0.423. The molecule has 7 atom stereocenters. The summed E-state index contributed by atoms with van der Waals surface area (Å²) in [5, 5.41) is 0. The molecule has 0 aromatic heterocycles. The summed E-state index contributed by atoms with van der Waals surface area (Å²) in [5.74, 6) is -1.79. The Morgan fingerprint density at radius 1 is 0.837 bits per heavy atom. The van der Waals surface area contributed by atoms with Gasteiger partial charge in [0.05, 0.1) is 11.9 Å². The van der Waals surface area contributed by atoms with Gasteiger partial charge in [0, 0.05) is 52.9 Å². The van der Waals surface area contributed by atoms with Gasteiger partial charge >= 0.3 is 23.9 Å². The number of rotatable bonds is 11. The normalized spacial score (nSPS) is 27.3.